The fraction of sp³-hybridized carbons (Fsp3) is 0.920. The molecule has 12 atom stereocenters. The Hall–Kier alpha value is -0.840. The molecule has 228 valence electrons. The average Bonchev–Trinajstić information content (AvgIpc) is 3.51. The lowest BCUT2D eigenvalue weighted by molar-refractivity contribution is -0.136. The Morgan fingerprint density at radius 2 is 1.82 bits per heavy atom. The molecular weight excluding hydrogens is 568 g/mol. The molecule has 5 aliphatic rings. The van der Waals surface area contributed by atoms with Gasteiger partial charge in [0.15, 0.2) is 0 Å². The van der Waals surface area contributed by atoms with Crippen LogP contribution >= 0.6 is 23.4 Å². The van der Waals surface area contributed by atoms with Crippen molar-refractivity contribution in [1.29, 1.82) is 0 Å². The lowest BCUT2D eigenvalue weighted by atomic mass is 9.70. The number of ether oxygens (including phenoxy) is 2. The second kappa shape index (κ2) is 13.2. The summed E-state index contributed by atoms with van der Waals surface area (Å²) in [5.74, 6) is -0.0724. The van der Waals surface area contributed by atoms with Gasteiger partial charge in [-0.1, -0.05) is 0 Å². The van der Waals surface area contributed by atoms with Crippen LogP contribution in [0.4, 0.5) is 8.78 Å². The van der Waals surface area contributed by atoms with Crippen LogP contribution in [0.25, 0.3) is 0 Å². The summed E-state index contributed by atoms with van der Waals surface area (Å²) in [6.07, 6.45) is -1.88. The average molecular weight is 610 g/mol. The molecule has 5 rings (SSSR count). The van der Waals surface area contributed by atoms with E-state index in [-0.39, 0.29) is 64.5 Å². The maximum Gasteiger partial charge on any atom is 0.257 e. The minimum atomic E-state index is -2.67. The number of alkyl halides is 3. The second-order valence-electron chi connectivity index (χ2n) is 11.6. The largest absolute Gasteiger partial charge is 0.380 e. The van der Waals surface area contributed by atoms with Gasteiger partial charge < -0.3 is 25.0 Å². The maximum absolute atomic E-state index is 13.6. The Kier molecular flexibility index (Phi) is 10.1. The summed E-state index contributed by atoms with van der Waals surface area (Å²) in [6.45, 7) is 4.58. The Labute approximate surface area is 243 Å². The number of amides is 2. The minimum absolute atomic E-state index is 0.00466. The molecule has 6 N–H and O–H groups in total. The van der Waals surface area contributed by atoms with Crippen LogP contribution in [-0.4, -0.2) is 123 Å². The highest BCUT2D eigenvalue weighted by Crippen LogP contribution is 2.38. The van der Waals surface area contributed by atoms with Crippen molar-refractivity contribution in [3.05, 3.63) is 0 Å². The van der Waals surface area contributed by atoms with Gasteiger partial charge in [-0.25, -0.2) is 8.78 Å². The van der Waals surface area contributed by atoms with E-state index in [2.05, 4.69) is 38.8 Å². The van der Waals surface area contributed by atoms with Gasteiger partial charge in [-0.15, -0.1) is 23.4 Å². The number of carbonyl (C=O) groups is 2. The molecule has 5 fully saturated rings. The number of fused-ring (bicyclic) bond motifs is 1. The zero-order chi connectivity index (χ0) is 28.6. The van der Waals surface area contributed by atoms with Gasteiger partial charge in [-0.05, 0) is 31.6 Å². The number of hydrogen-bond donors (Lipinski definition) is 6. The zero-order valence-electron chi connectivity index (χ0n) is 23.1. The lowest BCUT2D eigenvalue weighted by Crippen LogP contribution is -2.67. The molecule has 11 nitrogen and oxygen atoms in total. The third-order valence-electron chi connectivity index (χ3n) is 9.11. The first-order chi connectivity index (χ1) is 19.2. The van der Waals surface area contributed by atoms with E-state index >= 15 is 0 Å². The Morgan fingerprint density at radius 1 is 1.02 bits per heavy atom. The molecule has 15 heteroatoms. The number of carbonyl (C=O) groups excluding carboxylic acids is 2. The Morgan fingerprint density at radius 3 is 2.52 bits per heavy atom. The van der Waals surface area contributed by atoms with Crippen molar-refractivity contribution >= 4 is 35.2 Å². The molecule has 5 saturated heterocycles. The summed E-state index contributed by atoms with van der Waals surface area (Å²) in [5, 5.41) is 19.2. The van der Waals surface area contributed by atoms with Crippen molar-refractivity contribution in [2.24, 2.45) is 17.8 Å². The quantitative estimate of drug-likeness (QED) is 0.163. The van der Waals surface area contributed by atoms with E-state index < -0.39 is 24.7 Å². The molecule has 0 radical (unpaired) electrons. The van der Waals surface area contributed by atoms with E-state index in [1.54, 1.807) is 23.8 Å². The molecule has 0 saturated carbocycles. The fourth-order valence-electron chi connectivity index (χ4n) is 7.00. The Bertz CT molecular complexity index is 901. The second-order valence-corrected chi connectivity index (χ2v) is 13.5. The van der Waals surface area contributed by atoms with E-state index in [4.69, 9.17) is 21.1 Å². The fourth-order valence-corrected chi connectivity index (χ4v) is 8.70. The van der Waals surface area contributed by atoms with Crippen molar-refractivity contribution in [1.82, 2.24) is 36.8 Å². The number of nitrogens with one attached hydrogen (secondary N) is 6. The van der Waals surface area contributed by atoms with Gasteiger partial charge in [0.1, 0.15) is 23.8 Å². The summed E-state index contributed by atoms with van der Waals surface area (Å²) in [5.41, 5.74) is -0.392. The van der Waals surface area contributed by atoms with Gasteiger partial charge in [0, 0.05) is 64.3 Å². The van der Waals surface area contributed by atoms with Crippen LogP contribution in [0.15, 0.2) is 0 Å². The van der Waals surface area contributed by atoms with Gasteiger partial charge in [0.2, 0.25) is 11.8 Å². The molecule has 40 heavy (non-hydrogen) atoms. The number of halogens is 3. The number of piperidine rings is 2. The topological polar surface area (TPSA) is 128 Å². The van der Waals surface area contributed by atoms with Crippen LogP contribution in [0.3, 0.4) is 0 Å². The number of rotatable bonds is 7. The van der Waals surface area contributed by atoms with Gasteiger partial charge in [-0.2, -0.15) is 0 Å². The summed E-state index contributed by atoms with van der Waals surface area (Å²) in [7, 11) is 3.08. The van der Waals surface area contributed by atoms with Crippen molar-refractivity contribution in [2.75, 3.05) is 46.9 Å². The number of thioether (sulfide) groups is 1. The van der Waals surface area contributed by atoms with Gasteiger partial charge in [-0.3, -0.25) is 30.9 Å². The summed E-state index contributed by atoms with van der Waals surface area (Å²) in [6, 6.07) is -1.70. The number of methoxy groups -OCH3 is 2. The van der Waals surface area contributed by atoms with Crippen LogP contribution in [0, 0.1) is 17.8 Å². The van der Waals surface area contributed by atoms with Crippen LogP contribution in [0.5, 0.6) is 0 Å². The van der Waals surface area contributed by atoms with Gasteiger partial charge in [0.25, 0.3) is 6.43 Å². The standard InChI is InChI=1S/C25H42ClF2N7O4S/c1-11-4-12(13-5-19(26)30-8-17(13)38-2)14(6-29-11)22(36)34-25-33-16-9-35(10-18(16)40-25)24(37)15-7-31-23(39-3)20(32-15)21(27)28/h11-21,23,25,29-33H,4-10H2,1-3H3,(H,34,36). The monoisotopic (exact) mass is 609 g/mol. The molecule has 0 aromatic heterocycles. The molecule has 0 bridgehead atoms. The number of hydrogen-bond acceptors (Lipinski definition) is 10. The van der Waals surface area contributed by atoms with E-state index in [0.717, 1.165) is 12.8 Å². The maximum atomic E-state index is 13.6. The molecule has 0 spiro atoms. The smallest absolute Gasteiger partial charge is 0.257 e. The Balaban J connectivity index is 1.14. The third-order valence-corrected chi connectivity index (χ3v) is 10.8. The van der Waals surface area contributed by atoms with E-state index in [1.807, 2.05) is 0 Å². The number of nitrogens with zero attached hydrogens (tertiary/aromatic N) is 1. The predicted molar refractivity (Wildman–Crippen MR) is 148 cm³/mol. The van der Waals surface area contributed by atoms with Crippen molar-refractivity contribution in [3.63, 3.8) is 0 Å². The molecule has 0 aliphatic carbocycles. The zero-order valence-corrected chi connectivity index (χ0v) is 24.7. The first kappa shape index (κ1) is 30.6. The lowest BCUT2D eigenvalue weighted by Gasteiger charge is -2.45. The van der Waals surface area contributed by atoms with E-state index in [0.29, 0.717) is 32.2 Å². The predicted octanol–water partition coefficient (Wildman–Crippen LogP) is -0.727. The van der Waals surface area contributed by atoms with Crippen molar-refractivity contribution in [2.45, 2.75) is 78.9 Å². The first-order valence-corrected chi connectivity index (χ1v) is 15.5. The molecule has 0 aromatic carbocycles. The van der Waals surface area contributed by atoms with E-state index in [9.17, 15) is 18.4 Å². The number of piperazine rings is 1. The first-order valence-electron chi connectivity index (χ1n) is 14.1. The summed E-state index contributed by atoms with van der Waals surface area (Å²) in [4.78, 5) is 28.4. The molecule has 5 heterocycles. The molecule has 2 amide bonds. The summed E-state index contributed by atoms with van der Waals surface area (Å²) < 4.78 is 37.8. The number of likely N-dealkylation sites (tertiary alicyclic amines) is 1. The van der Waals surface area contributed by atoms with Crippen LogP contribution in [0.1, 0.15) is 19.8 Å². The molecule has 0 aromatic rings. The van der Waals surface area contributed by atoms with Crippen LogP contribution in [-0.2, 0) is 19.1 Å². The van der Waals surface area contributed by atoms with E-state index in [1.165, 1.54) is 7.11 Å². The highest BCUT2D eigenvalue weighted by Gasteiger charge is 2.48. The van der Waals surface area contributed by atoms with Crippen LogP contribution < -0.4 is 31.9 Å². The van der Waals surface area contributed by atoms with Crippen molar-refractivity contribution < 1.29 is 27.8 Å². The molecule has 12 unspecified atom stereocenters. The normalized spacial score (nSPS) is 44.0. The highest BCUT2D eigenvalue weighted by atomic mass is 35.5. The third kappa shape index (κ3) is 6.55. The van der Waals surface area contributed by atoms with Crippen LogP contribution in [0.2, 0.25) is 0 Å². The van der Waals surface area contributed by atoms with Gasteiger partial charge in [0.05, 0.1) is 17.5 Å². The highest BCUT2D eigenvalue weighted by molar-refractivity contribution is 8.00. The van der Waals surface area contributed by atoms with Gasteiger partial charge >= 0.3 is 0 Å². The summed E-state index contributed by atoms with van der Waals surface area (Å²) >= 11 is 8.06. The molecular formula is C25H42ClF2N7O4S. The van der Waals surface area contributed by atoms with Crippen molar-refractivity contribution in [3.8, 4) is 0 Å². The SMILES string of the molecule is COC1CNC(Cl)CC1C1CC(C)NCC1C(=O)NC1NC2CN(C(=O)C3CNC(OC)C(C(F)F)N3)CC2S1. The minimum Gasteiger partial charge on any atom is -0.380 e. The molecule has 5 aliphatic heterocycles.